The number of hydrogen-bond donors (Lipinski definition) is 0. The first-order valence-corrected chi connectivity index (χ1v) is 3.41. The zero-order valence-electron chi connectivity index (χ0n) is 5.63. The number of rotatable bonds is 0. The summed E-state index contributed by atoms with van der Waals surface area (Å²) in [5.41, 5.74) is 1.06. The first-order chi connectivity index (χ1) is 4.86. The predicted octanol–water partition coefficient (Wildman–Crippen LogP) is 1.19. The molecule has 0 spiro atoms. The lowest BCUT2D eigenvalue weighted by molar-refractivity contribution is -0.00242. The molecule has 3 heteroatoms. The maximum atomic E-state index is 12.6. The molecule has 0 amide bonds. The molecule has 0 aliphatic carbocycles. The Balaban J connectivity index is 2.30. The summed E-state index contributed by atoms with van der Waals surface area (Å²) in [6, 6.07) is 3.90. The molecule has 0 saturated carbocycles. The second-order valence-corrected chi connectivity index (χ2v) is 2.54. The molecule has 10 heavy (non-hydrogen) atoms. The summed E-state index contributed by atoms with van der Waals surface area (Å²) in [6.45, 7) is 1.73. The van der Waals surface area contributed by atoms with E-state index in [1.165, 1.54) is 0 Å². The molecule has 0 bridgehead atoms. The number of hydrogen-bond acceptors (Lipinski definition) is 1. The van der Waals surface area contributed by atoms with Gasteiger partial charge in [-0.2, -0.15) is 0 Å². The van der Waals surface area contributed by atoms with E-state index in [4.69, 9.17) is 0 Å². The van der Waals surface area contributed by atoms with Gasteiger partial charge in [0.05, 0.1) is 6.54 Å². The van der Waals surface area contributed by atoms with Crippen LogP contribution in [0.1, 0.15) is 5.69 Å². The Bertz CT molecular complexity index is 231. The van der Waals surface area contributed by atoms with Crippen molar-refractivity contribution in [2.45, 2.75) is 13.1 Å². The van der Waals surface area contributed by atoms with Crippen molar-refractivity contribution in [3.63, 3.8) is 0 Å². The summed E-state index contributed by atoms with van der Waals surface area (Å²) in [6.07, 6.45) is 1.99. The van der Waals surface area contributed by atoms with Crippen molar-refractivity contribution in [1.29, 1.82) is 0 Å². The zero-order chi connectivity index (χ0) is 6.97. The summed E-state index contributed by atoms with van der Waals surface area (Å²) in [4.78, 5) is 0. The van der Waals surface area contributed by atoms with Gasteiger partial charge in [0.2, 0.25) is 0 Å². The second kappa shape index (κ2) is 2.09. The molecule has 1 aliphatic heterocycles. The van der Waals surface area contributed by atoms with Crippen LogP contribution in [0.2, 0.25) is 0 Å². The van der Waals surface area contributed by atoms with Crippen molar-refractivity contribution < 1.29 is 4.48 Å². The average Bonchev–Trinajstić information content (AvgIpc) is 2.33. The Morgan fingerprint density at radius 2 is 2.30 bits per heavy atom. The van der Waals surface area contributed by atoms with Crippen LogP contribution in [0, 0.1) is 0 Å². The Labute approximate surface area is 58.8 Å². The van der Waals surface area contributed by atoms with Crippen LogP contribution in [0.15, 0.2) is 18.3 Å². The van der Waals surface area contributed by atoms with E-state index in [0.29, 0.717) is 13.1 Å². The SMILES string of the molecule is FN1CCn2cccc2C1. The Hall–Kier alpha value is -0.830. The maximum absolute atomic E-state index is 12.6. The monoisotopic (exact) mass is 140 g/mol. The second-order valence-electron chi connectivity index (χ2n) is 2.54. The number of fused-ring (bicyclic) bond motifs is 1. The predicted molar refractivity (Wildman–Crippen MR) is 36.0 cm³/mol. The van der Waals surface area contributed by atoms with Gasteiger partial charge in [0.25, 0.3) is 0 Å². The van der Waals surface area contributed by atoms with Gasteiger partial charge in [0.1, 0.15) is 0 Å². The smallest absolute Gasteiger partial charge is 0.0694 e. The summed E-state index contributed by atoms with van der Waals surface area (Å²) in [5.74, 6) is 0. The summed E-state index contributed by atoms with van der Waals surface area (Å²) < 4.78 is 14.6. The van der Waals surface area contributed by atoms with Crippen molar-refractivity contribution in [3.05, 3.63) is 24.0 Å². The van der Waals surface area contributed by atoms with Crippen LogP contribution < -0.4 is 0 Å². The highest BCUT2D eigenvalue weighted by Gasteiger charge is 2.13. The highest BCUT2D eigenvalue weighted by Crippen LogP contribution is 2.11. The molecule has 2 rings (SSSR count). The first kappa shape index (κ1) is 5.92. The van der Waals surface area contributed by atoms with Gasteiger partial charge in [0, 0.05) is 25.0 Å². The van der Waals surface area contributed by atoms with Gasteiger partial charge < -0.3 is 4.57 Å². The molecule has 2 heterocycles. The van der Waals surface area contributed by atoms with Crippen LogP contribution >= 0.6 is 0 Å². The molecule has 1 aliphatic rings. The van der Waals surface area contributed by atoms with E-state index in [1.54, 1.807) is 0 Å². The van der Waals surface area contributed by atoms with E-state index in [0.717, 1.165) is 17.4 Å². The maximum Gasteiger partial charge on any atom is 0.0694 e. The van der Waals surface area contributed by atoms with Crippen LogP contribution in [0.25, 0.3) is 0 Å². The third-order valence-electron chi connectivity index (χ3n) is 1.84. The van der Waals surface area contributed by atoms with Gasteiger partial charge in [-0.1, -0.05) is 0 Å². The fourth-order valence-electron chi connectivity index (χ4n) is 1.28. The lowest BCUT2D eigenvalue weighted by Crippen LogP contribution is -2.26. The first-order valence-electron chi connectivity index (χ1n) is 3.41. The van der Waals surface area contributed by atoms with E-state index in [9.17, 15) is 4.48 Å². The van der Waals surface area contributed by atoms with Gasteiger partial charge >= 0.3 is 0 Å². The Morgan fingerprint density at radius 3 is 3.20 bits per heavy atom. The summed E-state index contributed by atoms with van der Waals surface area (Å²) in [5, 5.41) is 0.843. The molecule has 0 atom stereocenters. The molecule has 0 saturated heterocycles. The lowest BCUT2D eigenvalue weighted by Gasteiger charge is -2.20. The summed E-state index contributed by atoms with van der Waals surface area (Å²) in [7, 11) is 0. The molecule has 0 radical (unpaired) electrons. The van der Waals surface area contributed by atoms with Gasteiger partial charge in [-0.15, -0.1) is 9.60 Å². The minimum atomic E-state index is 0.438. The fourth-order valence-corrected chi connectivity index (χ4v) is 1.28. The largest absolute Gasteiger partial charge is 0.349 e. The number of nitrogens with zero attached hydrogens (tertiary/aromatic N) is 2. The minimum Gasteiger partial charge on any atom is -0.349 e. The Kier molecular flexibility index (Phi) is 1.24. The van der Waals surface area contributed by atoms with Crippen LogP contribution in [0.3, 0.4) is 0 Å². The lowest BCUT2D eigenvalue weighted by atomic mass is 10.3. The molecular weight excluding hydrogens is 131 g/mol. The summed E-state index contributed by atoms with van der Waals surface area (Å²) >= 11 is 0. The molecular formula is C7H9FN2. The third-order valence-corrected chi connectivity index (χ3v) is 1.84. The van der Waals surface area contributed by atoms with Crippen molar-refractivity contribution in [3.8, 4) is 0 Å². The van der Waals surface area contributed by atoms with Gasteiger partial charge in [-0.05, 0) is 12.1 Å². The highest BCUT2D eigenvalue weighted by atomic mass is 19.2. The molecule has 54 valence electrons. The molecule has 2 nitrogen and oxygen atoms in total. The van der Waals surface area contributed by atoms with Crippen LogP contribution in [-0.4, -0.2) is 16.2 Å². The van der Waals surface area contributed by atoms with E-state index in [-0.39, 0.29) is 0 Å². The average molecular weight is 140 g/mol. The van der Waals surface area contributed by atoms with Crippen molar-refractivity contribution in [2.75, 3.05) is 6.54 Å². The van der Waals surface area contributed by atoms with Gasteiger partial charge in [0.15, 0.2) is 0 Å². The molecule has 1 aromatic heterocycles. The highest BCUT2D eigenvalue weighted by molar-refractivity contribution is 5.08. The minimum absolute atomic E-state index is 0.438. The molecule has 0 unspecified atom stereocenters. The van der Waals surface area contributed by atoms with E-state index in [1.807, 2.05) is 18.3 Å². The standard InChI is InChI=1S/C7H9FN2/c8-10-5-4-9-3-1-2-7(9)6-10/h1-3H,4-6H2. The van der Waals surface area contributed by atoms with E-state index in [2.05, 4.69) is 4.57 Å². The topological polar surface area (TPSA) is 8.17 Å². The normalized spacial score (nSPS) is 18.9. The van der Waals surface area contributed by atoms with Crippen molar-refractivity contribution >= 4 is 0 Å². The molecule has 0 N–H and O–H groups in total. The molecule has 0 aromatic carbocycles. The van der Waals surface area contributed by atoms with Crippen LogP contribution in [0.5, 0.6) is 0 Å². The Morgan fingerprint density at radius 1 is 1.40 bits per heavy atom. The molecule has 0 fully saturated rings. The fraction of sp³-hybridized carbons (Fsp3) is 0.429. The number of aromatic nitrogens is 1. The van der Waals surface area contributed by atoms with Crippen molar-refractivity contribution in [2.24, 2.45) is 0 Å². The zero-order valence-corrected chi connectivity index (χ0v) is 5.63. The van der Waals surface area contributed by atoms with E-state index < -0.39 is 0 Å². The van der Waals surface area contributed by atoms with Gasteiger partial charge in [-0.25, -0.2) is 0 Å². The number of halogens is 1. The van der Waals surface area contributed by atoms with Crippen LogP contribution in [-0.2, 0) is 13.1 Å². The molecule has 1 aromatic rings. The van der Waals surface area contributed by atoms with Crippen molar-refractivity contribution in [1.82, 2.24) is 9.69 Å². The quantitative estimate of drug-likeness (QED) is 0.491. The van der Waals surface area contributed by atoms with Gasteiger partial charge in [-0.3, -0.25) is 0 Å². The third kappa shape index (κ3) is 0.827. The van der Waals surface area contributed by atoms with E-state index >= 15 is 0 Å². The van der Waals surface area contributed by atoms with Crippen LogP contribution in [0.4, 0.5) is 4.48 Å².